The molecule has 156 valence electrons. The summed E-state index contributed by atoms with van der Waals surface area (Å²) < 4.78 is 23.4. The Hall–Kier alpha value is -3.29. The number of nitrogens with one attached hydrogen (secondary N) is 1. The Bertz CT molecular complexity index is 1090. The molecule has 0 fully saturated rings. The predicted molar refractivity (Wildman–Crippen MR) is 114 cm³/mol. The van der Waals surface area contributed by atoms with E-state index in [1.165, 1.54) is 18.5 Å². The van der Waals surface area contributed by atoms with Crippen molar-refractivity contribution in [2.45, 2.75) is 13.8 Å². The quantitative estimate of drug-likeness (QED) is 0.273. The Morgan fingerprint density at radius 1 is 1.10 bits per heavy atom. The highest BCUT2D eigenvalue weighted by atomic mass is 31.2. The van der Waals surface area contributed by atoms with Gasteiger partial charge in [0.2, 0.25) is 0 Å². The molecule has 1 atom stereocenters. The summed E-state index contributed by atoms with van der Waals surface area (Å²) in [5.41, 5.74) is 1.79. The third-order valence-electron chi connectivity index (χ3n) is 4.08. The molecule has 1 aromatic heterocycles. The van der Waals surface area contributed by atoms with Gasteiger partial charge in [-0.25, -0.2) is 14.5 Å². The number of hydrogen-bond acceptors (Lipinski definition) is 8. The Morgan fingerprint density at radius 2 is 1.90 bits per heavy atom. The topological polar surface area (TPSA) is 116 Å². The molecule has 3 rings (SSSR count). The predicted octanol–water partition coefficient (Wildman–Crippen LogP) is 5.42. The van der Waals surface area contributed by atoms with E-state index in [-0.39, 0.29) is 11.8 Å². The summed E-state index contributed by atoms with van der Waals surface area (Å²) in [4.78, 5) is 18.9. The fraction of sp³-hybridized carbons (Fsp3) is 0.200. The van der Waals surface area contributed by atoms with Crippen LogP contribution < -0.4 is 9.84 Å². The molecule has 0 bridgehead atoms. The standard InChI is InChI=1S/C20H21N4O5P/c1-3-28-30(27,4-2)29-18-10-6-8-16(12-18)23-20-13-19(21-14-22-20)15-7-5-9-17(11-15)24(25)26/h5-14H,3-4H2,1-2H3,(H,21,22,23). The van der Waals surface area contributed by atoms with E-state index in [1.54, 1.807) is 56.3 Å². The number of hydrogen-bond donors (Lipinski definition) is 1. The van der Waals surface area contributed by atoms with E-state index in [9.17, 15) is 14.7 Å². The molecule has 0 saturated carbocycles. The van der Waals surface area contributed by atoms with Gasteiger partial charge in [-0.2, -0.15) is 0 Å². The summed E-state index contributed by atoms with van der Waals surface area (Å²) in [6.45, 7) is 3.80. The average molecular weight is 428 g/mol. The second-order valence-corrected chi connectivity index (χ2v) is 8.48. The van der Waals surface area contributed by atoms with Crippen LogP contribution in [0.1, 0.15) is 13.8 Å². The fourth-order valence-electron chi connectivity index (χ4n) is 2.68. The first kappa shape index (κ1) is 21.4. The van der Waals surface area contributed by atoms with Crippen molar-refractivity contribution in [1.29, 1.82) is 0 Å². The normalized spacial score (nSPS) is 12.7. The van der Waals surface area contributed by atoms with Gasteiger partial charge in [-0.15, -0.1) is 0 Å². The van der Waals surface area contributed by atoms with Crippen LogP contribution in [0, 0.1) is 10.1 Å². The highest BCUT2D eigenvalue weighted by Crippen LogP contribution is 2.48. The molecular weight excluding hydrogens is 407 g/mol. The van der Waals surface area contributed by atoms with Gasteiger partial charge in [0.05, 0.1) is 23.4 Å². The Balaban J connectivity index is 1.81. The minimum Gasteiger partial charge on any atom is -0.424 e. The van der Waals surface area contributed by atoms with Gasteiger partial charge < -0.3 is 14.4 Å². The Morgan fingerprint density at radius 3 is 2.63 bits per heavy atom. The minimum atomic E-state index is -3.19. The molecule has 30 heavy (non-hydrogen) atoms. The van der Waals surface area contributed by atoms with E-state index in [2.05, 4.69) is 15.3 Å². The number of nitro groups is 1. The molecule has 9 nitrogen and oxygen atoms in total. The van der Waals surface area contributed by atoms with Gasteiger partial charge in [0, 0.05) is 35.5 Å². The Labute approximate surface area is 173 Å². The van der Waals surface area contributed by atoms with Gasteiger partial charge in [0.1, 0.15) is 17.9 Å². The molecule has 3 aromatic rings. The molecule has 2 aromatic carbocycles. The summed E-state index contributed by atoms with van der Waals surface area (Å²) in [5, 5.41) is 14.1. The van der Waals surface area contributed by atoms with E-state index in [0.717, 1.165) is 0 Å². The molecule has 0 amide bonds. The zero-order valence-corrected chi connectivity index (χ0v) is 17.4. The lowest BCUT2D eigenvalue weighted by molar-refractivity contribution is -0.384. The lowest BCUT2D eigenvalue weighted by atomic mass is 10.1. The number of nitrogens with zero attached hydrogens (tertiary/aromatic N) is 3. The van der Waals surface area contributed by atoms with Crippen molar-refractivity contribution in [2.24, 2.45) is 0 Å². The van der Waals surface area contributed by atoms with Crippen LogP contribution >= 0.6 is 7.60 Å². The number of anilines is 2. The molecule has 0 radical (unpaired) electrons. The van der Waals surface area contributed by atoms with Gasteiger partial charge in [-0.3, -0.25) is 10.1 Å². The van der Waals surface area contributed by atoms with Crippen LogP contribution in [0.5, 0.6) is 5.75 Å². The molecule has 0 aliphatic carbocycles. The highest BCUT2D eigenvalue weighted by Gasteiger charge is 2.22. The van der Waals surface area contributed by atoms with Crippen molar-refractivity contribution in [1.82, 2.24) is 9.97 Å². The number of non-ortho nitro benzene ring substituents is 1. The number of nitro benzene ring substituents is 1. The van der Waals surface area contributed by atoms with Crippen LogP contribution in [0.15, 0.2) is 60.9 Å². The highest BCUT2D eigenvalue weighted by molar-refractivity contribution is 7.54. The monoisotopic (exact) mass is 428 g/mol. The summed E-state index contributed by atoms with van der Waals surface area (Å²) in [5.74, 6) is 0.902. The van der Waals surface area contributed by atoms with Crippen LogP contribution in [0.3, 0.4) is 0 Å². The molecule has 1 N–H and O–H groups in total. The number of benzene rings is 2. The van der Waals surface area contributed by atoms with Crippen LogP contribution in [-0.2, 0) is 9.09 Å². The van der Waals surface area contributed by atoms with Gasteiger partial charge in [-0.1, -0.05) is 25.1 Å². The third-order valence-corrected chi connectivity index (χ3v) is 6.00. The van der Waals surface area contributed by atoms with Gasteiger partial charge >= 0.3 is 7.60 Å². The van der Waals surface area contributed by atoms with Crippen molar-refractivity contribution < 1.29 is 18.5 Å². The van der Waals surface area contributed by atoms with Gasteiger partial charge in [-0.05, 0) is 19.1 Å². The van der Waals surface area contributed by atoms with E-state index in [4.69, 9.17) is 9.05 Å². The largest absolute Gasteiger partial charge is 0.424 e. The summed E-state index contributed by atoms with van der Waals surface area (Å²) in [7, 11) is -3.19. The summed E-state index contributed by atoms with van der Waals surface area (Å²) in [6.07, 6.45) is 1.63. The zero-order valence-electron chi connectivity index (χ0n) is 16.5. The van der Waals surface area contributed by atoms with E-state index >= 15 is 0 Å². The van der Waals surface area contributed by atoms with Gasteiger partial charge in [0.15, 0.2) is 0 Å². The second kappa shape index (κ2) is 9.47. The van der Waals surface area contributed by atoms with Crippen LogP contribution in [-0.4, -0.2) is 27.7 Å². The molecule has 0 saturated heterocycles. The summed E-state index contributed by atoms with van der Waals surface area (Å²) >= 11 is 0. The first-order chi connectivity index (χ1) is 14.4. The molecule has 1 heterocycles. The van der Waals surface area contributed by atoms with Crippen molar-refractivity contribution in [3.05, 3.63) is 71.0 Å². The molecule has 0 aliphatic rings. The molecule has 0 aliphatic heterocycles. The van der Waals surface area contributed by atoms with Crippen molar-refractivity contribution in [2.75, 3.05) is 18.1 Å². The van der Waals surface area contributed by atoms with Crippen molar-refractivity contribution in [3.8, 4) is 17.0 Å². The minimum absolute atomic E-state index is 0.0138. The molecule has 10 heteroatoms. The van der Waals surface area contributed by atoms with Crippen LogP contribution in [0.2, 0.25) is 0 Å². The lowest BCUT2D eigenvalue weighted by Crippen LogP contribution is -2.01. The maximum Gasteiger partial charge on any atom is 0.378 e. The maximum absolute atomic E-state index is 12.6. The number of aromatic nitrogens is 2. The smallest absolute Gasteiger partial charge is 0.378 e. The maximum atomic E-state index is 12.6. The first-order valence-electron chi connectivity index (χ1n) is 9.29. The zero-order chi connectivity index (χ0) is 21.6. The fourth-order valence-corrected chi connectivity index (χ4v) is 3.87. The molecule has 0 spiro atoms. The van der Waals surface area contributed by atoms with Crippen LogP contribution in [0.4, 0.5) is 17.2 Å². The Kier molecular flexibility index (Phi) is 6.76. The van der Waals surface area contributed by atoms with Crippen molar-refractivity contribution >= 4 is 24.8 Å². The van der Waals surface area contributed by atoms with Crippen LogP contribution in [0.25, 0.3) is 11.3 Å². The van der Waals surface area contributed by atoms with Gasteiger partial charge in [0.25, 0.3) is 5.69 Å². The molecular formula is C20H21N4O5P. The van der Waals surface area contributed by atoms with Crippen molar-refractivity contribution in [3.63, 3.8) is 0 Å². The first-order valence-corrected chi connectivity index (χ1v) is 11.0. The van der Waals surface area contributed by atoms with E-state index in [0.29, 0.717) is 35.1 Å². The van der Waals surface area contributed by atoms with E-state index in [1.807, 2.05) is 0 Å². The second-order valence-electron chi connectivity index (χ2n) is 6.18. The van der Waals surface area contributed by atoms with E-state index < -0.39 is 12.5 Å². The third kappa shape index (κ3) is 5.40. The lowest BCUT2D eigenvalue weighted by Gasteiger charge is -2.17. The number of rotatable bonds is 9. The SMILES string of the molecule is CCOP(=O)(CC)Oc1cccc(Nc2cc(-c3cccc([N+](=O)[O-])c3)ncn2)c1. The average Bonchev–Trinajstić information content (AvgIpc) is 2.74. The molecule has 1 unspecified atom stereocenters. The summed E-state index contributed by atoms with van der Waals surface area (Å²) in [6, 6.07) is 14.9.